The zero-order valence-electron chi connectivity index (χ0n) is 19.7. The van der Waals surface area contributed by atoms with Gasteiger partial charge in [0.15, 0.2) is 0 Å². The van der Waals surface area contributed by atoms with Crippen molar-refractivity contribution in [3.05, 3.63) is 80.1 Å². The molecule has 1 aliphatic carbocycles. The van der Waals surface area contributed by atoms with Crippen molar-refractivity contribution in [3.8, 4) is 5.75 Å². The third kappa shape index (κ3) is 6.30. The number of hydrazone groups is 1. The monoisotopic (exact) mass is 583 g/mol. The Balaban J connectivity index is 1.37. The van der Waals surface area contributed by atoms with E-state index in [1.807, 2.05) is 0 Å². The summed E-state index contributed by atoms with van der Waals surface area (Å²) in [7, 11) is 0. The molecule has 4 rings (SSSR count). The van der Waals surface area contributed by atoms with E-state index in [-0.39, 0.29) is 12.4 Å². The fraction of sp³-hybridized carbons (Fsp3) is 0.192. The number of fused-ring (bicyclic) bond motifs is 1. The molecule has 1 aliphatic rings. The second-order valence-electron chi connectivity index (χ2n) is 7.88. The van der Waals surface area contributed by atoms with Crippen LogP contribution in [0.3, 0.4) is 0 Å². The minimum absolute atomic E-state index is 0.205. The lowest BCUT2D eigenvalue weighted by atomic mass is 10.1. The number of carbonyl (C=O) groups is 4. The van der Waals surface area contributed by atoms with Gasteiger partial charge in [0.1, 0.15) is 10.8 Å². The number of nitrogens with zero attached hydrogens (tertiary/aromatic N) is 1. The Morgan fingerprint density at radius 3 is 2.65 bits per heavy atom. The number of carbonyl (C=O) groups excluding carboxylic acids is 4. The van der Waals surface area contributed by atoms with Crippen LogP contribution in [0.2, 0.25) is 0 Å². The van der Waals surface area contributed by atoms with Crippen LogP contribution in [0.4, 0.5) is 5.00 Å². The van der Waals surface area contributed by atoms with E-state index < -0.39 is 23.8 Å². The number of amides is 2. The topological polar surface area (TPSA) is 123 Å². The van der Waals surface area contributed by atoms with Crippen molar-refractivity contribution in [1.29, 1.82) is 0 Å². The Hall–Kier alpha value is -3.83. The van der Waals surface area contributed by atoms with Crippen LogP contribution in [0, 0.1) is 0 Å². The number of thiophene rings is 1. The molecule has 0 bridgehead atoms. The molecule has 0 unspecified atom stereocenters. The highest BCUT2D eigenvalue weighted by atomic mass is 79.9. The highest BCUT2D eigenvalue weighted by molar-refractivity contribution is 9.10. The van der Waals surface area contributed by atoms with Crippen LogP contribution in [0.25, 0.3) is 0 Å². The number of aryl methyl sites for hydroxylation is 1. The minimum Gasteiger partial charge on any atom is -0.462 e. The number of ether oxygens (including phenoxy) is 2. The Morgan fingerprint density at radius 1 is 1.05 bits per heavy atom. The standard InChI is InChI=1S/C26H22BrN3O6S/c1-2-35-26(34)21-18-10-6-12-20(18)37-24(21)29-22(31)23(32)30-28-14-15-7-5-8-16(13-15)36-25(33)17-9-3-4-11-19(17)27/h3-5,7-9,11,13-14H,2,6,10,12H2,1H3,(H,29,31)(H,30,32)/b28-14+. The number of esters is 2. The van der Waals surface area contributed by atoms with Crippen molar-refractivity contribution in [2.45, 2.75) is 26.2 Å². The van der Waals surface area contributed by atoms with E-state index in [1.54, 1.807) is 55.5 Å². The zero-order valence-corrected chi connectivity index (χ0v) is 22.1. The maximum absolute atomic E-state index is 12.4. The second kappa shape index (κ2) is 11.9. The Kier molecular flexibility index (Phi) is 8.47. The van der Waals surface area contributed by atoms with Crippen LogP contribution in [0.5, 0.6) is 5.75 Å². The lowest BCUT2D eigenvalue weighted by Gasteiger charge is -2.07. The van der Waals surface area contributed by atoms with E-state index in [9.17, 15) is 19.2 Å². The van der Waals surface area contributed by atoms with Gasteiger partial charge in [0.2, 0.25) is 0 Å². The third-order valence-corrected chi connectivity index (χ3v) is 7.28. The van der Waals surface area contributed by atoms with E-state index >= 15 is 0 Å². The first kappa shape index (κ1) is 26.2. The molecule has 11 heteroatoms. The molecule has 0 fully saturated rings. The van der Waals surface area contributed by atoms with E-state index in [1.165, 1.54) is 17.6 Å². The number of hydrogen-bond donors (Lipinski definition) is 2. The molecule has 1 aromatic heterocycles. The molecular formula is C26H22BrN3O6S. The van der Waals surface area contributed by atoms with Gasteiger partial charge in [-0.25, -0.2) is 15.0 Å². The fourth-order valence-electron chi connectivity index (χ4n) is 3.73. The number of halogens is 1. The zero-order chi connectivity index (χ0) is 26.4. The molecule has 9 nitrogen and oxygen atoms in total. The molecule has 190 valence electrons. The first-order chi connectivity index (χ1) is 17.9. The SMILES string of the molecule is CCOC(=O)c1c(NC(=O)C(=O)N/N=C/c2cccc(OC(=O)c3ccccc3Br)c2)sc2c1CCC2. The molecule has 0 spiro atoms. The van der Waals surface area contributed by atoms with Crippen LogP contribution >= 0.6 is 27.3 Å². The number of anilines is 1. The second-order valence-corrected chi connectivity index (χ2v) is 9.84. The van der Waals surface area contributed by atoms with Crippen LogP contribution < -0.4 is 15.5 Å². The van der Waals surface area contributed by atoms with Gasteiger partial charge in [-0.05, 0) is 77.5 Å². The van der Waals surface area contributed by atoms with Gasteiger partial charge < -0.3 is 14.8 Å². The molecule has 2 amide bonds. The van der Waals surface area contributed by atoms with Gasteiger partial charge in [0.25, 0.3) is 0 Å². The van der Waals surface area contributed by atoms with Crippen molar-refractivity contribution in [3.63, 3.8) is 0 Å². The van der Waals surface area contributed by atoms with Gasteiger partial charge in [-0.1, -0.05) is 24.3 Å². The molecule has 1 heterocycles. The Bertz CT molecular complexity index is 1400. The summed E-state index contributed by atoms with van der Waals surface area (Å²) in [5.74, 6) is -2.73. The third-order valence-electron chi connectivity index (χ3n) is 5.38. The fourth-order valence-corrected chi connectivity index (χ4v) is 5.45. The number of hydrogen-bond acceptors (Lipinski definition) is 8. The highest BCUT2D eigenvalue weighted by Gasteiger charge is 2.29. The average Bonchev–Trinajstić information content (AvgIpc) is 3.45. The van der Waals surface area contributed by atoms with Gasteiger partial charge in [0.05, 0.1) is 23.9 Å². The summed E-state index contributed by atoms with van der Waals surface area (Å²) >= 11 is 4.60. The van der Waals surface area contributed by atoms with Crippen molar-refractivity contribution in [2.24, 2.45) is 5.10 Å². The molecule has 0 saturated carbocycles. The Labute approximate surface area is 225 Å². The van der Waals surface area contributed by atoms with Crippen LogP contribution in [0.15, 0.2) is 58.1 Å². The molecule has 3 aromatic rings. The van der Waals surface area contributed by atoms with Gasteiger partial charge in [-0.15, -0.1) is 11.3 Å². The number of benzene rings is 2. The van der Waals surface area contributed by atoms with Gasteiger partial charge in [0, 0.05) is 9.35 Å². The summed E-state index contributed by atoms with van der Waals surface area (Å²) in [4.78, 5) is 50.6. The van der Waals surface area contributed by atoms with E-state index in [4.69, 9.17) is 9.47 Å². The molecule has 0 aliphatic heterocycles. The van der Waals surface area contributed by atoms with Crippen molar-refractivity contribution in [2.75, 3.05) is 11.9 Å². The number of nitrogens with one attached hydrogen (secondary N) is 2. The summed E-state index contributed by atoms with van der Waals surface area (Å²) < 4.78 is 11.2. The van der Waals surface area contributed by atoms with Crippen LogP contribution in [0.1, 0.15) is 50.1 Å². The first-order valence-electron chi connectivity index (χ1n) is 11.4. The Morgan fingerprint density at radius 2 is 1.86 bits per heavy atom. The van der Waals surface area contributed by atoms with Crippen molar-refractivity contribution >= 4 is 62.2 Å². The molecule has 0 saturated heterocycles. The summed E-state index contributed by atoms with van der Waals surface area (Å²) in [6, 6.07) is 13.4. The smallest absolute Gasteiger partial charge is 0.344 e. The van der Waals surface area contributed by atoms with E-state index in [2.05, 4.69) is 31.8 Å². The molecule has 0 atom stereocenters. The number of rotatable bonds is 7. The summed E-state index contributed by atoms with van der Waals surface area (Å²) in [6.07, 6.45) is 3.78. The normalized spacial score (nSPS) is 12.2. The molecule has 2 aromatic carbocycles. The van der Waals surface area contributed by atoms with E-state index in [0.717, 1.165) is 29.7 Å². The predicted molar refractivity (Wildman–Crippen MR) is 142 cm³/mol. The van der Waals surface area contributed by atoms with Gasteiger partial charge in [-0.2, -0.15) is 5.10 Å². The maximum atomic E-state index is 12.4. The molecular weight excluding hydrogens is 562 g/mol. The highest BCUT2D eigenvalue weighted by Crippen LogP contribution is 2.39. The van der Waals surface area contributed by atoms with Crippen molar-refractivity contribution in [1.82, 2.24) is 5.43 Å². The molecule has 37 heavy (non-hydrogen) atoms. The quantitative estimate of drug-likeness (QED) is 0.139. The first-order valence-corrected chi connectivity index (χ1v) is 13.0. The largest absolute Gasteiger partial charge is 0.462 e. The van der Waals surface area contributed by atoms with Crippen LogP contribution in [-0.4, -0.2) is 36.6 Å². The van der Waals surface area contributed by atoms with Crippen LogP contribution in [-0.2, 0) is 27.2 Å². The summed E-state index contributed by atoms with van der Waals surface area (Å²) in [5.41, 5.74) is 4.25. The van der Waals surface area contributed by atoms with Gasteiger partial charge in [-0.3, -0.25) is 9.59 Å². The lowest BCUT2D eigenvalue weighted by molar-refractivity contribution is -0.136. The molecule has 0 radical (unpaired) electrons. The summed E-state index contributed by atoms with van der Waals surface area (Å²) in [5, 5.41) is 6.62. The van der Waals surface area contributed by atoms with E-state index in [0.29, 0.717) is 26.2 Å². The predicted octanol–water partition coefficient (Wildman–Crippen LogP) is 4.48. The molecule has 2 N–H and O–H groups in total. The summed E-state index contributed by atoms with van der Waals surface area (Å²) in [6.45, 7) is 1.91. The average molecular weight is 584 g/mol. The lowest BCUT2D eigenvalue weighted by Crippen LogP contribution is -2.32. The maximum Gasteiger partial charge on any atom is 0.344 e. The van der Waals surface area contributed by atoms with Gasteiger partial charge >= 0.3 is 23.8 Å². The van der Waals surface area contributed by atoms with Crippen molar-refractivity contribution < 1.29 is 28.7 Å². The minimum atomic E-state index is -1.00.